The Hall–Kier alpha value is -3.41. The van der Waals surface area contributed by atoms with Gasteiger partial charge in [0, 0.05) is 16.9 Å². The fourth-order valence-corrected chi connectivity index (χ4v) is 3.55. The second-order valence-electron chi connectivity index (χ2n) is 7.15. The number of rotatable bonds is 4. The zero-order valence-corrected chi connectivity index (χ0v) is 15.9. The van der Waals surface area contributed by atoms with Crippen molar-refractivity contribution >= 4 is 17.5 Å². The Morgan fingerprint density at radius 1 is 1.18 bits per heavy atom. The molecule has 0 unspecified atom stereocenters. The lowest BCUT2D eigenvalue weighted by Crippen LogP contribution is -2.35. The molecule has 0 fully saturated rings. The Balaban J connectivity index is 1.47. The predicted molar refractivity (Wildman–Crippen MR) is 107 cm³/mol. The summed E-state index contributed by atoms with van der Waals surface area (Å²) in [6.07, 6.45) is 0.235. The maximum Gasteiger partial charge on any atom is 0.251 e. The molecule has 2 amide bonds. The number of aromatic nitrogens is 2. The lowest BCUT2D eigenvalue weighted by Gasteiger charge is -2.26. The summed E-state index contributed by atoms with van der Waals surface area (Å²) in [6, 6.07) is 16.8. The molecule has 1 aliphatic heterocycles. The highest BCUT2D eigenvalue weighted by Gasteiger charge is 2.26. The van der Waals surface area contributed by atoms with Gasteiger partial charge >= 0.3 is 0 Å². The third-order valence-corrected chi connectivity index (χ3v) is 4.96. The molecule has 2 N–H and O–H groups in total. The first-order valence-corrected chi connectivity index (χ1v) is 9.29. The van der Waals surface area contributed by atoms with Crippen LogP contribution in [0.15, 0.2) is 54.6 Å². The highest BCUT2D eigenvalue weighted by atomic mass is 16.2. The normalized spacial score (nSPS) is 15.6. The minimum Gasteiger partial charge on any atom is -0.345 e. The number of fused-ring (bicyclic) bond motifs is 1. The molecule has 6 nitrogen and oxygen atoms in total. The number of anilines is 1. The molecule has 0 saturated heterocycles. The summed E-state index contributed by atoms with van der Waals surface area (Å²) in [5, 5.41) is 10.3. The van der Waals surface area contributed by atoms with Crippen LogP contribution in [0.25, 0.3) is 0 Å². The topological polar surface area (TPSA) is 76.0 Å². The van der Waals surface area contributed by atoms with Gasteiger partial charge in [-0.3, -0.25) is 14.3 Å². The molecule has 6 heteroatoms. The van der Waals surface area contributed by atoms with Gasteiger partial charge in [-0.15, -0.1) is 0 Å². The smallest absolute Gasteiger partial charge is 0.251 e. The predicted octanol–water partition coefficient (Wildman–Crippen LogP) is 3.36. The molecule has 142 valence electrons. The average molecular weight is 374 g/mol. The molecule has 0 saturated carbocycles. The molecule has 2 heterocycles. The molecule has 28 heavy (non-hydrogen) atoms. The lowest BCUT2D eigenvalue weighted by molar-refractivity contribution is -0.116. The van der Waals surface area contributed by atoms with Crippen molar-refractivity contribution in [3.05, 3.63) is 82.7 Å². The average Bonchev–Trinajstić information content (AvgIpc) is 2.99. The molecule has 3 aromatic rings. The van der Waals surface area contributed by atoms with Crippen LogP contribution in [0.5, 0.6) is 0 Å². The number of hydrogen-bond acceptors (Lipinski definition) is 3. The number of hydrogen-bond donors (Lipinski definition) is 2. The molecule has 1 aliphatic rings. The zero-order valence-electron chi connectivity index (χ0n) is 15.9. The summed E-state index contributed by atoms with van der Waals surface area (Å²) in [5.41, 5.74) is 5.42. The number of carbonyl (C=O) groups is 2. The monoisotopic (exact) mass is 374 g/mol. The van der Waals surface area contributed by atoms with Crippen molar-refractivity contribution in [3.8, 4) is 0 Å². The minimum atomic E-state index is -0.327. The van der Waals surface area contributed by atoms with Gasteiger partial charge in [0.15, 0.2) is 0 Å². The lowest BCUT2D eigenvalue weighted by atomic mass is 9.97. The number of benzene rings is 2. The Kier molecular flexibility index (Phi) is 4.69. The van der Waals surface area contributed by atoms with Gasteiger partial charge in [0.2, 0.25) is 5.91 Å². The van der Waals surface area contributed by atoms with Crippen molar-refractivity contribution in [1.29, 1.82) is 0 Å². The molecule has 0 aliphatic carbocycles. The van der Waals surface area contributed by atoms with E-state index < -0.39 is 0 Å². The van der Waals surface area contributed by atoms with Crippen LogP contribution in [0.1, 0.15) is 45.3 Å². The Labute approximate surface area is 163 Å². The van der Waals surface area contributed by atoms with Gasteiger partial charge in [-0.2, -0.15) is 5.10 Å². The van der Waals surface area contributed by atoms with E-state index in [0.717, 1.165) is 28.2 Å². The number of aryl methyl sites for hydroxylation is 2. The standard InChI is InChI=1S/C22H22N4O2/c1-14-11-15(2)26(25-14)13-16-7-9-17(10-8-16)22(28)24-20-12-21(27)23-19-6-4-3-5-18(19)20/h3-11,20H,12-13H2,1-2H3,(H,23,27)(H,24,28)/t20-/m0/s1. The Morgan fingerprint density at radius 2 is 1.93 bits per heavy atom. The van der Waals surface area contributed by atoms with Gasteiger partial charge in [0.1, 0.15) is 0 Å². The second-order valence-corrected chi connectivity index (χ2v) is 7.15. The van der Waals surface area contributed by atoms with Gasteiger partial charge in [-0.1, -0.05) is 30.3 Å². The highest BCUT2D eigenvalue weighted by molar-refractivity contribution is 5.98. The van der Waals surface area contributed by atoms with Crippen LogP contribution in [0.2, 0.25) is 0 Å². The van der Waals surface area contributed by atoms with Crippen LogP contribution in [-0.2, 0) is 11.3 Å². The number of carbonyl (C=O) groups excluding carboxylic acids is 2. The molecule has 1 aromatic heterocycles. The summed E-state index contributed by atoms with van der Waals surface area (Å²) in [5.74, 6) is -0.281. The Bertz CT molecular complexity index is 1040. The molecule has 0 bridgehead atoms. The molecular formula is C22H22N4O2. The summed E-state index contributed by atoms with van der Waals surface area (Å²) < 4.78 is 1.95. The maximum atomic E-state index is 12.7. The molecule has 0 spiro atoms. The van der Waals surface area contributed by atoms with Crippen molar-refractivity contribution in [2.24, 2.45) is 0 Å². The second kappa shape index (κ2) is 7.31. The number of amides is 2. The SMILES string of the molecule is Cc1cc(C)n(Cc2ccc(C(=O)N[C@H]3CC(=O)Nc4ccccc43)cc2)n1. The van der Waals surface area contributed by atoms with E-state index in [9.17, 15) is 9.59 Å². The van der Waals surface area contributed by atoms with E-state index >= 15 is 0 Å². The van der Waals surface area contributed by atoms with Crippen molar-refractivity contribution in [2.75, 3.05) is 5.32 Å². The van der Waals surface area contributed by atoms with E-state index in [0.29, 0.717) is 12.1 Å². The van der Waals surface area contributed by atoms with Crippen molar-refractivity contribution in [1.82, 2.24) is 15.1 Å². The largest absolute Gasteiger partial charge is 0.345 e. The van der Waals surface area contributed by atoms with Crippen molar-refractivity contribution in [2.45, 2.75) is 32.9 Å². The maximum absolute atomic E-state index is 12.7. The van der Waals surface area contributed by atoms with Gasteiger partial charge in [-0.25, -0.2) is 0 Å². The number of nitrogens with one attached hydrogen (secondary N) is 2. The van der Waals surface area contributed by atoms with E-state index in [-0.39, 0.29) is 24.3 Å². The highest BCUT2D eigenvalue weighted by Crippen LogP contribution is 2.30. The minimum absolute atomic E-state index is 0.0933. The van der Waals surface area contributed by atoms with Crippen LogP contribution in [0, 0.1) is 13.8 Å². The Morgan fingerprint density at radius 3 is 2.64 bits per heavy atom. The van der Waals surface area contributed by atoms with E-state index in [2.05, 4.69) is 15.7 Å². The van der Waals surface area contributed by atoms with Crippen LogP contribution < -0.4 is 10.6 Å². The van der Waals surface area contributed by atoms with E-state index in [1.54, 1.807) is 0 Å². The molecule has 0 radical (unpaired) electrons. The number of nitrogens with zero attached hydrogens (tertiary/aromatic N) is 2. The third-order valence-electron chi connectivity index (χ3n) is 4.96. The van der Waals surface area contributed by atoms with Gasteiger partial charge < -0.3 is 10.6 Å². The first-order valence-electron chi connectivity index (χ1n) is 9.29. The van der Waals surface area contributed by atoms with Crippen LogP contribution >= 0.6 is 0 Å². The molecular weight excluding hydrogens is 352 g/mol. The van der Waals surface area contributed by atoms with E-state index in [1.165, 1.54) is 0 Å². The quantitative estimate of drug-likeness (QED) is 0.735. The first-order chi connectivity index (χ1) is 13.5. The fourth-order valence-electron chi connectivity index (χ4n) is 3.55. The van der Waals surface area contributed by atoms with E-state index in [1.807, 2.05) is 73.1 Å². The number of para-hydroxylation sites is 1. The first kappa shape index (κ1) is 18.0. The summed E-state index contributed by atoms with van der Waals surface area (Å²) in [7, 11) is 0. The van der Waals surface area contributed by atoms with Crippen LogP contribution in [0.3, 0.4) is 0 Å². The fraction of sp³-hybridized carbons (Fsp3) is 0.227. The summed E-state index contributed by atoms with van der Waals surface area (Å²) >= 11 is 0. The van der Waals surface area contributed by atoms with Crippen LogP contribution in [0.4, 0.5) is 5.69 Å². The summed E-state index contributed by atoms with van der Waals surface area (Å²) in [6.45, 7) is 4.67. The molecule has 1 atom stereocenters. The molecule has 2 aromatic carbocycles. The van der Waals surface area contributed by atoms with Crippen molar-refractivity contribution in [3.63, 3.8) is 0 Å². The van der Waals surface area contributed by atoms with Crippen molar-refractivity contribution < 1.29 is 9.59 Å². The van der Waals surface area contributed by atoms with Gasteiger partial charge in [0.25, 0.3) is 5.91 Å². The van der Waals surface area contributed by atoms with Gasteiger partial charge in [-0.05, 0) is 49.2 Å². The van der Waals surface area contributed by atoms with E-state index in [4.69, 9.17) is 0 Å². The summed E-state index contributed by atoms with van der Waals surface area (Å²) in [4.78, 5) is 24.6. The third kappa shape index (κ3) is 3.67. The zero-order chi connectivity index (χ0) is 19.7. The van der Waals surface area contributed by atoms with Gasteiger partial charge in [0.05, 0.1) is 24.7 Å². The van der Waals surface area contributed by atoms with Crippen LogP contribution in [-0.4, -0.2) is 21.6 Å². The molecule has 4 rings (SSSR count).